The lowest BCUT2D eigenvalue weighted by molar-refractivity contribution is 0.415. The summed E-state index contributed by atoms with van der Waals surface area (Å²) in [6, 6.07) is 3.51. The van der Waals surface area contributed by atoms with Crippen molar-refractivity contribution in [3.63, 3.8) is 0 Å². The fourth-order valence-corrected chi connectivity index (χ4v) is 2.87. The van der Waals surface area contributed by atoms with Crippen molar-refractivity contribution in [3.8, 4) is 5.75 Å². The molecule has 1 aromatic carbocycles. The van der Waals surface area contributed by atoms with Crippen molar-refractivity contribution in [2.75, 3.05) is 24.3 Å². The lowest BCUT2D eigenvalue weighted by Gasteiger charge is -2.32. The number of nitrogens with zero attached hydrogens (tertiary/aromatic N) is 1. The highest BCUT2D eigenvalue weighted by Gasteiger charge is 2.23. The van der Waals surface area contributed by atoms with E-state index in [2.05, 4.69) is 11.8 Å². The van der Waals surface area contributed by atoms with Crippen molar-refractivity contribution >= 4 is 11.4 Å². The predicted octanol–water partition coefficient (Wildman–Crippen LogP) is 3.58. The van der Waals surface area contributed by atoms with Crippen LogP contribution in [0.2, 0.25) is 0 Å². The van der Waals surface area contributed by atoms with Crippen LogP contribution in [0.5, 0.6) is 5.75 Å². The summed E-state index contributed by atoms with van der Waals surface area (Å²) in [6.45, 7) is 3.07. The van der Waals surface area contributed by atoms with Gasteiger partial charge in [-0.15, -0.1) is 0 Å². The van der Waals surface area contributed by atoms with Gasteiger partial charge < -0.3 is 15.4 Å². The maximum atomic E-state index is 14.2. The van der Waals surface area contributed by atoms with Crippen molar-refractivity contribution < 1.29 is 9.13 Å². The molecule has 1 atom stereocenters. The van der Waals surface area contributed by atoms with Crippen molar-refractivity contribution in [2.45, 2.75) is 45.1 Å². The first-order valence-electron chi connectivity index (χ1n) is 7.07. The van der Waals surface area contributed by atoms with Gasteiger partial charge in [-0.2, -0.15) is 0 Å². The molecule has 0 aliphatic carbocycles. The van der Waals surface area contributed by atoms with Gasteiger partial charge in [0.05, 0.1) is 18.5 Å². The van der Waals surface area contributed by atoms with Crippen molar-refractivity contribution in [2.24, 2.45) is 0 Å². The molecule has 3 nitrogen and oxygen atoms in total. The number of methoxy groups -OCH3 is 1. The molecule has 0 radical (unpaired) electrons. The van der Waals surface area contributed by atoms with E-state index in [4.69, 9.17) is 10.5 Å². The number of nitrogen functional groups attached to an aromatic ring is 1. The van der Waals surface area contributed by atoms with Crippen LogP contribution in [-0.2, 0) is 0 Å². The third-order valence-electron chi connectivity index (χ3n) is 3.96. The average Bonchev–Trinajstić information content (AvgIpc) is 2.64. The van der Waals surface area contributed by atoms with E-state index in [0.717, 1.165) is 25.8 Å². The summed E-state index contributed by atoms with van der Waals surface area (Å²) in [4.78, 5) is 2.18. The van der Waals surface area contributed by atoms with E-state index in [0.29, 0.717) is 23.2 Å². The van der Waals surface area contributed by atoms with E-state index < -0.39 is 0 Å². The predicted molar refractivity (Wildman–Crippen MR) is 77.3 cm³/mol. The molecule has 0 saturated carbocycles. The van der Waals surface area contributed by atoms with E-state index in [1.165, 1.54) is 18.9 Å². The molecule has 1 aromatic rings. The van der Waals surface area contributed by atoms with E-state index in [1.54, 1.807) is 13.2 Å². The van der Waals surface area contributed by atoms with E-state index in [-0.39, 0.29) is 5.82 Å². The van der Waals surface area contributed by atoms with Crippen LogP contribution in [0.1, 0.15) is 39.0 Å². The lowest BCUT2D eigenvalue weighted by Crippen LogP contribution is -2.35. The minimum atomic E-state index is -0.251. The molecule has 0 aromatic heterocycles. The summed E-state index contributed by atoms with van der Waals surface area (Å²) in [7, 11) is 1.56. The molecule has 1 saturated heterocycles. The van der Waals surface area contributed by atoms with E-state index in [1.807, 2.05) is 0 Å². The first-order chi connectivity index (χ1) is 9.17. The Morgan fingerprint density at radius 3 is 2.84 bits per heavy atom. The van der Waals surface area contributed by atoms with Crippen LogP contribution in [0.25, 0.3) is 0 Å². The Bertz CT molecular complexity index is 436. The summed E-state index contributed by atoms with van der Waals surface area (Å²) in [5, 5.41) is 0. The van der Waals surface area contributed by atoms with Crippen LogP contribution >= 0.6 is 0 Å². The molecule has 2 N–H and O–H groups in total. The standard InChI is InChI=1S/C15H23FN2O/c1-3-11-7-5-4-6-8-18(11)14-10-15(19-2)13(17)9-12(14)16/h9-11H,3-8,17H2,1-2H3. The Balaban J connectivity index is 2.37. The highest BCUT2D eigenvalue weighted by atomic mass is 19.1. The molecule has 1 aliphatic rings. The summed E-state index contributed by atoms with van der Waals surface area (Å²) in [5.41, 5.74) is 6.72. The van der Waals surface area contributed by atoms with Crippen LogP contribution < -0.4 is 15.4 Å². The van der Waals surface area contributed by atoms with Gasteiger partial charge in [0.2, 0.25) is 0 Å². The minimum Gasteiger partial charge on any atom is -0.495 e. The van der Waals surface area contributed by atoms with Gasteiger partial charge in [-0.25, -0.2) is 4.39 Å². The highest BCUT2D eigenvalue weighted by molar-refractivity contribution is 5.63. The maximum Gasteiger partial charge on any atom is 0.148 e. The fourth-order valence-electron chi connectivity index (χ4n) is 2.87. The van der Waals surface area contributed by atoms with Crippen molar-refractivity contribution in [1.82, 2.24) is 0 Å². The monoisotopic (exact) mass is 266 g/mol. The van der Waals surface area contributed by atoms with Crippen molar-refractivity contribution in [1.29, 1.82) is 0 Å². The van der Waals surface area contributed by atoms with Gasteiger partial charge in [-0.05, 0) is 19.3 Å². The number of nitrogens with two attached hydrogens (primary N) is 1. The molecule has 0 amide bonds. The molecule has 1 unspecified atom stereocenters. The quantitative estimate of drug-likeness (QED) is 0.850. The Morgan fingerprint density at radius 2 is 2.16 bits per heavy atom. The Labute approximate surface area is 114 Å². The Morgan fingerprint density at radius 1 is 1.37 bits per heavy atom. The Hall–Kier alpha value is -1.45. The zero-order valence-corrected chi connectivity index (χ0v) is 11.8. The molecular formula is C15H23FN2O. The lowest BCUT2D eigenvalue weighted by atomic mass is 10.1. The van der Waals surface area contributed by atoms with Crippen LogP contribution in [-0.4, -0.2) is 19.7 Å². The molecule has 1 heterocycles. The summed E-state index contributed by atoms with van der Waals surface area (Å²) in [6.07, 6.45) is 5.72. The zero-order valence-electron chi connectivity index (χ0n) is 11.8. The summed E-state index contributed by atoms with van der Waals surface area (Å²) >= 11 is 0. The number of halogens is 1. The molecule has 2 rings (SSSR count). The summed E-state index contributed by atoms with van der Waals surface area (Å²) in [5.74, 6) is 0.300. The second-order valence-electron chi connectivity index (χ2n) is 5.15. The first-order valence-corrected chi connectivity index (χ1v) is 7.07. The molecule has 106 valence electrons. The van der Waals surface area contributed by atoms with Gasteiger partial charge in [0.15, 0.2) is 0 Å². The van der Waals surface area contributed by atoms with E-state index >= 15 is 0 Å². The average molecular weight is 266 g/mol. The van der Waals surface area contributed by atoms with Gasteiger partial charge in [-0.1, -0.05) is 19.8 Å². The largest absolute Gasteiger partial charge is 0.495 e. The first kappa shape index (κ1) is 14.0. The second-order valence-corrected chi connectivity index (χ2v) is 5.15. The van der Waals surface area contributed by atoms with Gasteiger partial charge in [0.1, 0.15) is 11.6 Å². The third-order valence-corrected chi connectivity index (χ3v) is 3.96. The highest BCUT2D eigenvalue weighted by Crippen LogP contribution is 2.34. The molecule has 4 heteroatoms. The van der Waals surface area contributed by atoms with Gasteiger partial charge in [-0.3, -0.25) is 0 Å². The number of ether oxygens (including phenoxy) is 1. The number of hydrogen-bond acceptors (Lipinski definition) is 3. The Kier molecular flexibility index (Phi) is 4.51. The molecule has 19 heavy (non-hydrogen) atoms. The molecular weight excluding hydrogens is 243 g/mol. The second kappa shape index (κ2) is 6.13. The van der Waals surface area contributed by atoms with Gasteiger partial charge in [0.25, 0.3) is 0 Å². The minimum absolute atomic E-state index is 0.251. The number of hydrogen-bond donors (Lipinski definition) is 1. The number of benzene rings is 1. The normalized spacial score (nSPS) is 20.2. The van der Waals surface area contributed by atoms with Crippen LogP contribution in [0.15, 0.2) is 12.1 Å². The third kappa shape index (κ3) is 2.94. The smallest absolute Gasteiger partial charge is 0.148 e. The topological polar surface area (TPSA) is 38.5 Å². The number of rotatable bonds is 3. The van der Waals surface area contributed by atoms with Gasteiger partial charge in [0, 0.05) is 24.7 Å². The molecule has 1 fully saturated rings. The maximum absolute atomic E-state index is 14.2. The number of anilines is 2. The SMILES string of the molecule is CCC1CCCCCN1c1cc(OC)c(N)cc1F. The molecule has 0 bridgehead atoms. The fraction of sp³-hybridized carbons (Fsp3) is 0.600. The van der Waals surface area contributed by atoms with Crippen LogP contribution in [0.3, 0.4) is 0 Å². The van der Waals surface area contributed by atoms with Crippen molar-refractivity contribution in [3.05, 3.63) is 17.9 Å². The molecule has 1 aliphatic heterocycles. The van der Waals surface area contributed by atoms with E-state index in [9.17, 15) is 4.39 Å². The summed E-state index contributed by atoms with van der Waals surface area (Å²) < 4.78 is 19.4. The zero-order chi connectivity index (χ0) is 13.8. The van der Waals surface area contributed by atoms with Gasteiger partial charge >= 0.3 is 0 Å². The molecule has 0 spiro atoms. The van der Waals surface area contributed by atoms with Crippen LogP contribution in [0.4, 0.5) is 15.8 Å². The van der Waals surface area contributed by atoms with Crippen LogP contribution in [0, 0.1) is 5.82 Å².